The number of carbonyl (C=O) groups excluding carboxylic acids is 1. The summed E-state index contributed by atoms with van der Waals surface area (Å²) >= 11 is 7.09. The molecular formula is C31H32ClFN4O5S. The molecule has 3 aliphatic rings. The normalized spacial score (nSPS) is 22.2. The third-order valence-electron chi connectivity index (χ3n) is 8.46. The quantitative estimate of drug-likeness (QED) is 0.211. The van der Waals surface area contributed by atoms with E-state index in [2.05, 4.69) is 16.0 Å². The highest BCUT2D eigenvalue weighted by atomic mass is 35.5. The van der Waals surface area contributed by atoms with E-state index in [1.165, 1.54) is 0 Å². The molecule has 3 aromatic heterocycles. The van der Waals surface area contributed by atoms with Gasteiger partial charge in [0.1, 0.15) is 21.9 Å². The highest BCUT2D eigenvalue weighted by molar-refractivity contribution is 7.20. The fourth-order valence-electron chi connectivity index (χ4n) is 6.11. The van der Waals surface area contributed by atoms with Crippen LogP contribution >= 0.6 is 22.9 Å². The Hall–Kier alpha value is -3.25. The van der Waals surface area contributed by atoms with Crippen LogP contribution in [-0.2, 0) is 28.4 Å². The van der Waals surface area contributed by atoms with Gasteiger partial charge in [-0.25, -0.2) is 14.2 Å². The van der Waals surface area contributed by atoms with Crippen molar-refractivity contribution in [2.75, 3.05) is 26.3 Å². The Morgan fingerprint density at radius 2 is 2.02 bits per heavy atom. The average Bonchev–Trinajstić information content (AvgIpc) is 3.61. The zero-order valence-corrected chi connectivity index (χ0v) is 25.5. The molecule has 2 saturated heterocycles. The van der Waals surface area contributed by atoms with E-state index in [1.54, 1.807) is 19.2 Å². The van der Waals surface area contributed by atoms with Crippen LogP contribution in [0.4, 0.5) is 4.39 Å². The van der Waals surface area contributed by atoms with Crippen molar-refractivity contribution < 1.29 is 28.1 Å². The first-order valence-electron chi connectivity index (χ1n) is 14.6. The Kier molecular flexibility index (Phi) is 7.53. The van der Waals surface area contributed by atoms with Gasteiger partial charge in [0.15, 0.2) is 22.2 Å². The molecule has 1 aromatic carbocycles. The maximum absolute atomic E-state index is 15.5. The number of aromatic nitrogens is 3. The molecule has 4 aromatic rings. The van der Waals surface area contributed by atoms with Crippen molar-refractivity contribution in [2.45, 2.75) is 64.0 Å². The number of nitrogens with zero attached hydrogens (tertiary/aromatic N) is 4. The molecule has 12 heteroatoms. The van der Waals surface area contributed by atoms with Gasteiger partial charge >= 0.3 is 5.97 Å². The van der Waals surface area contributed by atoms with Gasteiger partial charge in [0.05, 0.1) is 30.8 Å². The van der Waals surface area contributed by atoms with Crippen LogP contribution in [0.1, 0.15) is 65.8 Å². The van der Waals surface area contributed by atoms with Crippen molar-refractivity contribution >= 4 is 39.3 Å². The molecule has 0 amide bonds. The lowest BCUT2D eigenvalue weighted by atomic mass is 9.88. The molecule has 9 nitrogen and oxygen atoms in total. The number of halogens is 2. The lowest BCUT2D eigenvalue weighted by molar-refractivity contribution is -0.0722. The number of hydrogen-bond acceptors (Lipinski definition) is 9. The van der Waals surface area contributed by atoms with E-state index < -0.39 is 17.6 Å². The Balaban J connectivity index is 1.07. The van der Waals surface area contributed by atoms with Crippen molar-refractivity contribution in [1.29, 1.82) is 0 Å². The number of benzene rings is 1. The van der Waals surface area contributed by atoms with Crippen LogP contribution in [0.15, 0.2) is 36.5 Å². The van der Waals surface area contributed by atoms with Gasteiger partial charge in [-0.15, -0.1) is 11.3 Å². The van der Waals surface area contributed by atoms with E-state index in [4.69, 9.17) is 35.5 Å². The molecule has 0 saturated carbocycles. The molecule has 2 fully saturated rings. The monoisotopic (exact) mass is 626 g/mol. The van der Waals surface area contributed by atoms with E-state index in [0.717, 1.165) is 60.8 Å². The van der Waals surface area contributed by atoms with E-state index in [1.807, 2.05) is 29.7 Å². The summed E-state index contributed by atoms with van der Waals surface area (Å²) < 4.78 is 40.9. The minimum Gasteiger partial charge on any atom is -0.462 e. The number of piperidine rings is 1. The van der Waals surface area contributed by atoms with E-state index in [0.29, 0.717) is 52.4 Å². The van der Waals surface area contributed by atoms with Gasteiger partial charge in [-0.05, 0) is 63.4 Å². The predicted octanol–water partition coefficient (Wildman–Crippen LogP) is 6.27. The second-order valence-electron chi connectivity index (χ2n) is 11.3. The van der Waals surface area contributed by atoms with Crippen molar-refractivity contribution in [3.05, 3.63) is 69.3 Å². The van der Waals surface area contributed by atoms with Crippen LogP contribution in [0.25, 0.3) is 10.3 Å². The molecule has 2 atom stereocenters. The van der Waals surface area contributed by atoms with Crippen LogP contribution < -0.4 is 9.47 Å². The van der Waals surface area contributed by atoms with Gasteiger partial charge < -0.3 is 23.5 Å². The molecule has 226 valence electrons. The molecule has 0 radical (unpaired) electrons. The SMILES string of the molecule is CCOC(=O)c1sc2nc(CN3CCC(c4cccc5c4O[C@@](C)(c4ccc(Cl)cn4)O5)CC3)n(C[C@@H]3CCO3)c2c1F. The van der Waals surface area contributed by atoms with Gasteiger partial charge in [0.2, 0.25) is 0 Å². The van der Waals surface area contributed by atoms with E-state index in [-0.39, 0.29) is 17.6 Å². The van der Waals surface area contributed by atoms with Crippen molar-refractivity contribution in [3.8, 4) is 11.5 Å². The second-order valence-corrected chi connectivity index (χ2v) is 12.7. The number of rotatable bonds is 8. The molecule has 0 spiro atoms. The van der Waals surface area contributed by atoms with Crippen molar-refractivity contribution in [3.63, 3.8) is 0 Å². The number of imidazole rings is 1. The molecule has 0 N–H and O–H groups in total. The summed E-state index contributed by atoms with van der Waals surface area (Å²) in [6.45, 7) is 7.26. The van der Waals surface area contributed by atoms with Gasteiger partial charge in [-0.1, -0.05) is 23.7 Å². The molecule has 0 unspecified atom stereocenters. The number of ether oxygens (including phenoxy) is 4. The number of carbonyl (C=O) groups is 1. The van der Waals surface area contributed by atoms with Crippen LogP contribution in [0.2, 0.25) is 5.02 Å². The Morgan fingerprint density at radius 3 is 2.72 bits per heavy atom. The molecule has 0 bridgehead atoms. The van der Waals surface area contributed by atoms with E-state index in [9.17, 15) is 4.79 Å². The molecular weight excluding hydrogens is 595 g/mol. The minimum atomic E-state index is -1.03. The maximum Gasteiger partial charge on any atom is 0.351 e. The number of esters is 1. The molecule has 43 heavy (non-hydrogen) atoms. The number of fused-ring (bicyclic) bond motifs is 2. The summed E-state index contributed by atoms with van der Waals surface area (Å²) in [4.78, 5) is 24.4. The summed E-state index contributed by atoms with van der Waals surface area (Å²) in [6, 6.07) is 9.66. The summed E-state index contributed by atoms with van der Waals surface area (Å²) in [7, 11) is 0. The largest absolute Gasteiger partial charge is 0.462 e. The van der Waals surface area contributed by atoms with Crippen molar-refractivity contribution in [1.82, 2.24) is 19.4 Å². The lowest BCUT2D eigenvalue weighted by Gasteiger charge is -2.33. The first-order chi connectivity index (χ1) is 20.8. The fourth-order valence-corrected chi connectivity index (χ4v) is 7.19. The highest BCUT2D eigenvalue weighted by Gasteiger charge is 2.42. The van der Waals surface area contributed by atoms with Gasteiger partial charge in [-0.2, -0.15) is 0 Å². The number of thiophene rings is 1. The summed E-state index contributed by atoms with van der Waals surface area (Å²) in [5.41, 5.74) is 2.15. The fraction of sp³-hybridized carbons (Fsp3) is 0.452. The topological polar surface area (TPSA) is 87.9 Å². The smallest absolute Gasteiger partial charge is 0.351 e. The van der Waals surface area contributed by atoms with Gasteiger partial charge in [0.25, 0.3) is 5.79 Å². The molecule has 7 rings (SSSR count). The average molecular weight is 627 g/mol. The number of likely N-dealkylation sites (tertiary alicyclic amines) is 1. The maximum atomic E-state index is 15.5. The zero-order valence-electron chi connectivity index (χ0n) is 24.0. The van der Waals surface area contributed by atoms with Crippen LogP contribution in [0, 0.1) is 5.82 Å². The van der Waals surface area contributed by atoms with Crippen LogP contribution in [0.3, 0.4) is 0 Å². The summed E-state index contributed by atoms with van der Waals surface area (Å²) in [5.74, 6) is 0.327. The second kappa shape index (κ2) is 11.4. The van der Waals surface area contributed by atoms with Crippen LogP contribution in [0.5, 0.6) is 11.5 Å². The molecule has 6 heterocycles. The molecule has 0 aliphatic carbocycles. The summed E-state index contributed by atoms with van der Waals surface area (Å²) in [6.07, 6.45) is 4.39. The van der Waals surface area contributed by atoms with Crippen LogP contribution in [-0.4, -0.2) is 57.8 Å². The zero-order chi connectivity index (χ0) is 29.7. The lowest BCUT2D eigenvalue weighted by Crippen LogP contribution is -2.35. The number of hydrogen-bond donors (Lipinski definition) is 0. The Morgan fingerprint density at radius 1 is 1.21 bits per heavy atom. The van der Waals surface area contributed by atoms with Crippen molar-refractivity contribution in [2.24, 2.45) is 0 Å². The predicted molar refractivity (Wildman–Crippen MR) is 159 cm³/mol. The number of para-hydroxylation sites is 1. The third-order valence-corrected chi connectivity index (χ3v) is 9.71. The third kappa shape index (κ3) is 5.26. The van der Waals surface area contributed by atoms with Gasteiger partial charge in [-0.3, -0.25) is 9.88 Å². The van der Waals surface area contributed by atoms with Gasteiger partial charge in [0, 0.05) is 25.3 Å². The minimum absolute atomic E-state index is 0.0170. The Labute approximate surface area is 257 Å². The Bertz CT molecular complexity index is 1660. The highest BCUT2D eigenvalue weighted by Crippen LogP contribution is 2.49. The molecule has 3 aliphatic heterocycles. The first-order valence-corrected chi connectivity index (χ1v) is 15.8. The standard InChI is InChI=1S/C31H32ClFN4O5S/c1-3-39-30(38)28-25(33)26-29(43-28)35-24(37(26)16-20-11-14-40-20)17-36-12-9-18(10-13-36)21-5-4-6-22-27(21)42-31(2,41-22)23-8-7-19(32)15-34-23/h4-8,15,18,20H,3,9-14,16-17H2,1-2H3/t20-,31-/m0/s1. The number of pyridine rings is 1. The summed E-state index contributed by atoms with van der Waals surface area (Å²) in [5, 5.41) is 0.556. The first kappa shape index (κ1) is 28.5. The van der Waals surface area contributed by atoms with E-state index >= 15 is 4.39 Å².